The van der Waals surface area contributed by atoms with Crippen LogP contribution in [0.15, 0.2) is 66.7 Å². The number of hydrogen-bond acceptors (Lipinski definition) is 7. The molecule has 0 bridgehead atoms. The topological polar surface area (TPSA) is 96.0 Å². The van der Waals surface area contributed by atoms with Crippen LogP contribution < -0.4 is 0 Å². The molecule has 0 fully saturated rings. The highest BCUT2D eigenvalue weighted by molar-refractivity contribution is 6.14. The fourth-order valence-corrected chi connectivity index (χ4v) is 4.76. The fraction of sp³-hybridized carbons (Fsp3) is 0.514. The normalized spacial score (nSPS) is 10.7. The molecule has 44 heavy (non-hydrogen) atoms. The smallest absolute Gasteiger partial charge is 0.338 e. The van der Waals surface area contributed by atoms with Crippen LogP contribution in [0.5, 0.6) is 0 Å². The second-order valence-corrected chi connectivity index (χ2v) is 11.2. The van der Waals surface area contributed by atoms with Gasteiger partial charge in [-0.25, -0.2) is 9.59 Å². The van der Waals surface area contributed by atoms with Gasteiger partial charge in [-0.1, -0.05) is 126 Å². The van der Waals surface area contributed by atoms with Gasteiger partial charge < -0.3 is 14.2 Å². The molecule has 0 heterocycles. The Kier molecular flexibility index (Phi) is 18.8. The molecule has 7 nitrogen and oxygen atoms in total. The molecule has 0 aromatic heterocycles. The molecule has 7 heteroatoms. The van der Waals surface area contributed by atoms with Gasteiger partial charge in [0, 0.05) is 23.1 Å². The van der Waals surface area contributed by atoms with Crippen LogP contribution in [0.1, 0.15) is 130 Å². The first kappa shape index (κ1) is 36.5. The third-order valence-corrected chi connectivity index (χ3v) is 7.32. The van der Waals surface area contributed by atoms with E-state index in [0.29, 0.717) is 41.9 Å². The maximum Gasteiger partial charge on any atom is 0.338 e. The van der Waals surface area contributed by atoms with Crippen LogP contribution in [0, 0.1) is 0 Å². The molecule has 0 atom stereocenters. The van der Waals surface area contributed by atoms with Gasteiger partial charge in [0.2, 0.25) is 0 Å². The van der Waals surface area contributed by atoms with E-state index in [1.54, 1.807) is 43.3 Å². The third kappa shape index (κ3) is 15.6. The lowest BCUT2D eigenvalue weighted by Crippen LogP contribution is -2.13. The lowest BCUT2D eigenvalue weighted by atomic mass is 9.98. The van der Waals surface area contributed by atoms with Crippen LogP contribution in [0.25, 0.3) is 0 Å². The number of carbonyl (C=O) groups excluding carboxylic acids is 4. The molecule has 2 aromatic rings. The third-order valence-electron chi connectivity index (χ3n) is 7.32. The van der Waals surface area contributed by atoms with E-state index in [4.69, 9.17) is 14.2 Å². The number of benzene rings is 2. The van der Waals surface area contributed by atoms with Crippen LogP contribution in [0.4, 0.5) is 0 Å². The molecule has 0 aliphatic carbocycles. The van der Waals surface area contributed by atoms with Crippen molar-refractivity contribution in [2.75, 3.05) is 19.8 Å². The Morgan fingerprint density at radius 2 is 1.00 bits per heavy atom. The highest BCUT2D eigenvalue weighted by Gasteiger charge is 2.18. The summed E-state index contributed by atoms with van der Waals surface area (Å²) in [5, 5.41) is 0. The Labute approximate surface area is 263 Å². The van der Waals surface area contributed by atoms with E-state index in [-0.39, 0.29) is 24.8 Å². The molecule has 0 N–H and O–H groups in total. The average molecular weight is 607 g/mol. The SMILES string of the molecule is C=C(C)C(=O)OCCCC(=O)OCCCCCCCCCCCCCCCOC(=O)c1ccccc1C(=O)c1ccccc1. The highest BCUT2D eigenvalue weighted by atomic mass is 16.5. The predicted molar refractivity (Wildman–Crippen MR) is 173 cm³/mol. The molecule has 2 rings (SSSR count). The predicted octanol–water partition coefficient (Wildman–Crippen LogP) is 8.59. The minimum Gasteiger partial charge on any atom is -0.466 e. The summed E-state index contributed by atoms with van der Waals surface area (Å²) >= 11 is 0. The van der Waals surface area contributed by atoms with Crippen molar-refractivity contribution in [3.63, 3.8) is 0 Å². The number of esters is 3. The number of rotatable bonds is 24. The first-order valence-electron chi connectivity index (χ1n) is 16.2. The van der Waals surface area contributed by atoms with E-state index >= 15 is 0 Å². The fourth-order valence-electron chi connectivity index (χ4n) is 4.76. The molecule has 0 unspecified atom stereocenters. The van der Waals surface area contributed by atoms with Crippen molar-refractivity contribution >= 4 is 23.7 Å². The molecular weight excluding hydrogens is 556 g/mol. The first-order valence-corrected chi connectivity index (χ1v) is 16.2. The largest absolute Gasteiger partial charge is 0.466 e. The van der Waals surface area contributed by atoms with Crippen molar-refractivity contribution in [3.8, 4) is 0 Å². The summed E-state index contributed by atoms with van der Waals surface area (Å²) in [4.78, 5) is 48.4. The van der Waals surface area contributed by atoms with Crippen molar-refractivity contribution in [2.45, 2.75) is 103 Å². The molecule has 0 aliphatic rings. The van der Waals surface area contributed by atoms with Crippen molar-refractivity contribution in [3.05, 3.63) is 83.4 Å². The van der Waals surface area contributed by atoms with Gasteiger partial charge in [0.25, 0.3) is 0 Å². The Morgan fingerprint density at radius 3 is 1.55 bits per heavy atom. The molecule has 0 aliphatic heterocycles. The second kappa shape index (κ2) is 22.8. The Hall–Kier alpha value is -3.74. The van der Waals surface area contributed by atoms with Crippen molar-refractivity contribution in [1.29, 1.82) is 0 Å². The maximum atomic E-state index is 12.8. The molecule has 240 valence electrons. The van der Waals surface area contributed by atoms with Gasteiger partial charge in [0.1, 0.15) is 0 Å². The summed E-state index contributed by atoms with van der Waals surface area (Å²) in [6, 6.07) is 15.8. The van der Waals surface area contributed by atoms with Gasteiger partial charge in [-0.2, -0.15) is 0 Å². The van der Waals surface area contributed by atoms with Gasteiger partial charge >= 0.3 is 17.9 Å². The van der Waals surface area contributed by atoms with E-state index in [2.05, 4.69) is 6.58 Å². The zero-order valence-electron chi connectivity index (χ0n) is 26.5. The lowest BCUT2D eigenvalue weighted by Gasteiger charge is -2.09. The molecule has 0 saturated heterocycles. The minimum atomic E-state index is -0.444. The highest BCUT2D eigenvalue weighted by Crippen LogP contribution is 2.17. The zero-order chi connectivity index (χ0) is 31.8. The van der Waals surface area contributed by atoms with Crippen LogP contribution in [0.3, 0.4) is 0 Å². The van der Waals surface area contributed by atoms with Gasteiger partial charge in [0.05, 0.1) is 25.4 Å². The summed E-state index contributed by atoms with van der Waals surface area (Å²) in [7, 11) is 0. The summed E-state index contributed by atoms with van der Waals surface area (Å²) in [5.74, 6) is -1.29. The van der Waals surface area contributed by atoms with Crippen molar-refractivity contribution in [2.24, 2.45) is 0 Å². The number of ketones is 1. The number of unbranched alkanes of at least 4 members (excludes halogenated alkanes) is 12. The Balaban J connectivity index is 1.37. The van der Waals surface area contributed by atoms with Crippen LogP contribution in [-0.4, -0.2) is 43.5 Å². The van der Waals surface area contributed by atoms with Crippen LogP contribution in [-0.2, 0) is 23.8 Å². The maximum absolute atomic E-state index is 12.8. The molecule has 0 radical (unpaired) electrons. The Morgan fingerprint density at radius 1 is 0.545 bits per heavy atom. The van der Waals surface area contributed by atoms with Crippen LogP contribution >= 0.6 is 0 Å². The standard InChI is InChI=1S/C37H50O7/c1-30(2)36(40)43-29-21-26-34(38)42-27-19-12-10-8-6-4-3-5-7-9-11-13-20-28-44-37(41)33-25-18-17-24-32(33)35(39)31-22-15-14-16-23-31/h14-18,22-25H,1,3-13,19-21,26-29H2,2H3. The van der Waals surface area contributed by atoms with Crippen LogP contribution in [0.2, 0.25) is 0 Å². The van der Waals surface area contributed by atoms with E-state index in [0.717, 1.165) is 38.5 Å². The monoisotopic (exact) mass is 606 g/mol. The van der Waals surface area contributed by atoms with E-state index in [1.807, 2.05) is 18.2 Å². The average Bonchev–Trinajstić information content (AvgIpc) is 3.04. The molecule has 0 amide bonds. The Bertz CT molecular complexity index is 1160. The lowest BCUT2D eigenvalue weighted by molar-refractivity contribution is -0.146. The van der Waals surface area contributed by atoms with Gasteiger partial charge in [-0.05, 0) is 32.3 Å². The number of ether oxygens (including phenoxy) is 3. The van der Waals surface area contributed by atoms with E-state index < -0.39 is 11.9 Å². The summed E-state index contributed by atoms with van der Waals surface area (Å²) in [5.41, 5.74) is 1.59. The molecule has 0 saturated carbocycles. The summed E-state index contributed by atoms with van der Waals surface area (Å²) in [6.45, 7) is 6.13. The van der Waals surface area contributed by atoms with Crippen molar-refractivity contribution in [1.82, 2.24) is 0 Å². The molecule has 2 aromatic carbocycles. The minimum absolute atomic E-state index is 0.177. The second-order valence-electron chi connectivity index (χ2n) is 11.2. The zero-order valence-corrected chi connectivity index (χ0v) is 26.5. The van der Waals surface area contributed by atoms with Gasteiger partial charge in [0.15, 0.2) is 5.78 Å². The quantitative estimate of drug-likeness (QED) is 0.0388. The van der Waals surface area contributed by atoms with E-state index in [1.165, 1.54) is 44.9 Å². The summed E-state index contributed by atoms with van der Waals surface area (Å²) < 4.78 is 15.7. The number of carbonyl (C=O) groups is 4. The number of hydrogen-bond donors (Lipinski definition) is 0. The summed E-state index contributed by atoms with van der Waals surface area (Å²) in [6.07, 6.45) is 15.5. The first-order chi connectivity index (χ1) is 21.4. The molecular formula is C37H50O7. The van der Waals surface area contributed by atoms with Gasteiger partial charge in [-0.3, -0.25) is 9.59 Å². The van der Waals surface area contributed by atoms with Gasteiger partial charge in [-0.15, -0.1) is 0 Å². The van der Waals surface area contributed by atoms with E-state index in [9.17, 15) is 19.2 Å². The molecule has 0 spiro atoms. The van der Waals surface area contributed by atoms with Crippen molar-refractivity contribution < 1.29 is 33.4 Å².